The number of carbonyl (C=O) groups is 2. The van der Waals surface area contributed by atoms with Gasteiger partial charge in [0.05, 0.1) is 0 Å². The number of benzene rings is 2. The van der Waals surface area contributed by atoms with Gasteiger partial charge in [0.15, 0.2) is 0 Å². The molecule has 0 saturated carbocycles. The van der Waals surface area contributed by atoms with Crippen molar-refractivity contribution in [2.24, 2.45) is 0 Å². The highest BCUT2D eigenvalue weighted by molar-refractivity contribution is 6.31. The molecule has 0 radical (unpaired) electrons. The number of hydrogen-bond acceptors (Lipinski definition) is 2. The van der Waals surface area contributed by atoms with Crippen LogP contribution in [0.3, 0.4) is 0 Å². The Hall–Kier alpha value is -2.59. The van der Waals surface area contributed by atoms with Gasteiger partial charge in [-0.25, -0.2) is 0 Å². The van der Waals surface area contributed by atoms with Gasteiger partial charge in [0, 0.05) is 30.3 Å². The lowest BCUT2D eigenvalue weighted by atomic mass is 10.1. The van der Waals surface area contributed by atoms with E-state index in [9.17, 15) is 9.59 Å². The number of nitrogens with one attached hydrogen (secondary N) is 2. The average Bonchev–Trinajstić information content (AvgIpc) is 2.59. The van der Waals surface area contributed by atoms with Crippen LogP contribution in [0.25, 0.3) is 6.08 Å². The maximum absolute atomic E-state index is 11.8. The first-order valence-electron chi connectivity index (χ1n) is 7.11. The summed E-state index contributed by atoms with van der Waals surface area (Å²) in [4.78, 5) is 23.3. The Morgan fingerprint density at radius 2 is 1.78 bits per heavy atom. The molecule has 0 aliphatic carbocycles. The summed E-state index contributed by atoms with van der Waals surface area (Å²) in [5.74, 6) is -0.349. The smallest absolute Gasteiger partial charge is 0.251 e. The molecule has 0 heterocycles. The van der Waals surface area contributed by atoms with Gasteiger partial charge in [0.25, 0.3) is 5.91 Å². The van der Waals surface area contributed by atoms with Crippen LogP contribution < -0.4 is 10.6 Å². The van der Waals surface area contributed by atoms with Crippen molar-refractivity contribution >= 4 is 29.5 Å². The van der Waals surface area contributed by atoms with E-state index in [-0.39, 0.29) is 11.8 Å². The van der Waals surface area contributed by atoms with E-state index in [0.29, 0.717) is 17.1 Å². The summed E-state index contributed by atoms with van der Waals surface area (Å²) < 4.78 is 0. The molecule has 4 nitrogen and oxygen atoms in total. The molecule has 0 aromatic heterocycles. The zero-order valence-corrected chi connectivity index (χ0v) is 13.4. The van der Waals surface area contributed by atoms with Crippen LogP contribution in [-0.4, -0.2) is 18.9 Å². The van der Waals surface area contributed by atoms with Crippen LogP contribution in [-0.2, 0) is 11.3 Å². The molecule has 2 N–H and O–H groups in total. The molecule has 118 valence electrons. The fraction of sp³-hybridized carbons (Fsp3) is 0.111. The Morgan fingerprint density at radius 3 is 2.43 bits per heavy atom. The molecule has 0 aliphatic heterocycles. The zero-order valence-electron chi connectivity index (χ0n) is 12.7. The van der Waals surface area contributed by atoms with Crippen LogP contribution in [0.1, 0.15) is 21.5 Å². The molecule has 5 heteroatoms. The fourth-order valence-corrected chi connectivity index (χ4v) is 2.15. The van der Waals surface area contributed by atoms with E-state index in [1.54, 1.807) is 43.5 Å². The maximum Gasteiger partial charge on any atom is 0.251 e. The van der Waals surface area contributed by atoms with Crippen molar-refractivity contribution in [3.8, 4) is 0 Å². The van der Waals surface area contributed by atoms with Crippen LogP contribution in [0.15, 0.2) is 54.6 Å². The minimum absolute atomic E-state index is 0.141. The monoisotopic (exact) mass is 328 g/mol. The average molecular weight is 329 g/mol. The molecule has 0 atom stereocenters. The first-order chi connectivity index (χ1) is 11.1. The summed E-state index contributed by atoms with van der Waals surface area (Å²) in [7, 11) is 1.58. The summed E-state index contributed by atoms with van der Waals surface area (Å²) in [6.07, 6.45) is 3.14. The standard InChI is InChI=1S/C18H17ClN2O2/c1-20-18(23)14-9-6-13(7-10-14)8-11-17(22)21-12-15-4-2-3-5-16(15)19/h2-11H,12H2,1H3,(H,20,23)(H,21,22)/b11-8+. The van der Waals surface area contributed by atoms with Gasteiger partial charge in [-0.15, -0.1) is 0 Å². The van der Waals surface area contributed by atoms with Gasteiger partial charge < -0.3 is 10.6 Å². The van der Waals surface area contributed by atoms with Crippen LogP contribution >= 0.6 is 11.6 Å². The van der Waals surface area contributed by atoms with Crippen molar-refractivity contribution in [3.05, 3.63) is 76.3 Å². The Kier molecular flexibility index (Phi) is 5.94. The summed E-state index contributed by atoms with van der Waals surface area (Å²) in [5.41, 5.74) is 2.28. The van der Waals surface area contributed by atoms with Crippen molar-refractivity contribution < 1.29 is 9.59 Å². The fourth-order valence-electron chi connectivity index (χ4n) is 1.94. The van der Waals surface area contributed by atoms with Gasteiger partial charge in [-0.2, -0.15) is 0 Å². The third kappa shape index (κ3) is 4.97. The molecular formula is C18H17ClN2O2. The van der Waals surface area contributed by atoms with Gasteiger partial charge >= 0.3 is 0 Å². The second-order valence-corrected chi connectivity index (χ2v) is 5.25. The van der Waals surface area contributed by atoms with E-state index < -0.39 is 0 Å². The molecule has 2 amide bonds. The van der Waals surface area contributed by atoms with Gasteiger partial charge in [-0.05, 0) is 35.4 Å². The van der Waals surface area contributed by atoms with E-state index in [2.05, 4.69) is 10.6 Å². The largest absolute Gasteiger partial charge is 0.355 e. The van der Waals surface area contributed by atoms with E-state index in [4.69, 9.17) is 11.6 Å². The maximum atomic E-state index is 11.8. The Labute approximate surface area is 140 Å². The van der Waals surface area contributed by atoms with Crippen LogP contribution in [0.5, 0.6) is 0 Å². The number of halogens is 1. The Bertz CT molecular complexity index is 724. The van der Waals surface area contributed by atoms with Gasteiger partial charge in [0.2, 0.25) is 5.91 Å². The van der Waals surface area contributed by atoms with Crippen LogP contribution in [0, 0.1) is 0 Å². The first-order valence-corrected chi connectivity index (χ1v) is 7.49. The third-order valence-electron chi connectivity index (χ3n) is 3.24. The molecule has 0 spiro atoms. The predicted octanol–water partition coefficient (Wildman–Crippen LogP) is 3.03. The third-order valence-corrected chi connectivity index (χ3v) is 3.61. The summed E-state index contributed by atoms with van der Waals surface area (Å²) in [6, 6.07) is 14.3. The number of hydrogen-bond donors (Lipinski definition) is 2. The molecule has 0 aliphatic rings. The number of carbonyl (C=O) groups excluding carboxylic acids is 2. The SMILES string of the molecule is CNC(=O)c1ccc(/C=C/C(=O)NCc2ccccc2Cl)cc1. The lowest BCUT2D eigenvalue weighted by Crippen LogP contribution is -2.20. The zero-order chi connectivity index (χ0) is 16.7. The van der Waals surface area contributed by atoms with Gasteiger partial charge in [-0.1, -0.05) is 41.9 Å². The van der Waals surface area contributed by atoms with Crippen molar-refractivity contribution in [2.45, 2.75) is 6.54 Å². The Balaban J connectivity index is 1.91. The van der Waals surface area contributed by atoms with Crippen LogP contribution in [0.4, 0.5) is 0 Å². The Morgan fingerprint density at radius 1 is 1.09 bits per heavy atom. The van der Waals surface area contributed by atoms with E-state index in [0.717, 1.165) is 11.1 Å². The van der Waals surface area contributed by atoms with Crippen molar-refractivity contribution in [1.82, 2.24) is 10.6 Å². The highest BCUT2D eigenvalue weighted by Crippen LogP contribution is 2.14. The van der Waals surface area contributed by atoms with Crippen molar-refractivity contribution in [2.75, 3.05) is 7.05 Å². The van der Waals surface area contributed by atoms with Crippen LogP contribution in [0.2, 0.25) is 5.02 Å². The topological polar surface area (TPSA) is 58.2 Å². The number of amides is 2. The second-order valence-electron chi connectivity index (χ2n) is 4.84. The number of rotatable bonds is 5. The molecule has 0 unspecified atom stereocenters. The normalized spacial score (nSPS) is 10.5. The molecule has 0 saturated heterocycles. The predicted molar refractivity (Wildman–Crippen MR) is 92.2 cm³/mol. The molecule has 2 aromatic carbocycles. The van der Waals surface area contributed by atoms with Gasteiger partial charge in [-0.3, -0.25) is 9.59 Å². The second kappa shape index (κ2) is 8.15. The summed E-state index contributed by atoms with van der Waals surface area (Å²) in [5, 5.41) is 5.96. The van der Waals surface area contributed by atoms with Gasteiger partial charge in [0.1, 0.15) is 0 Å². The lowest BCUT2D eigenvalue weighted by Gasteiger charge is -2.04. The van der Waals surface area contributed by atoms with Crippen molar-refractivity contribution in [3.63, 3.8) is 0 Å². The molecular weight excluding hydrogens is 312 g/mol. The lowest BCUT2D eigenvalue weighted by molar-refractivity contribution is -0.116. The highest BCUT2D eigenvalue weighted by atomic mass is 35.5. The van der Waals surface area contributed by atoms with E-state index in [1.807, 2.05) is 18.2 Å². The summed E-state index contributed by atoms with van der Waals surface area (Å²) >= 11 is 6.03. The minimum atomic E-state index is -0.208. The molecule has 2 rings (SSSR count). The molecule has 2 aromatic rings. The minimum Gasteiger partial charge on any atom is -0.355 e. The van der Waals surface area contributed by atoms with Crippen molar-refractivity contribution in [1.29, 1.82) is 0 Å². The van der Waals surface area contributed by atoms with E-state index in [1.165, 1.54) is 6.08 Å². The highest BCUT2D eigenvalue weighted by Gasteiger charge is 2.02. The molecule has 0 bridgehead atoms. The molecule has 23 heavy (non-hydrogen) atoms. The quantitative estimate of drug-likeness (QED) is 0.829. The van der Waals surface area contributed by atoms with E-state index >= 15 is 0 Å². The molecule has 0 fully saturated rings. The summed E-state index contributed by atoms with van der Waals surface area (Å²) in [6.45, 7) is 0.373. The first kappa shape index (κ1) is 16.8.